The third-order valence-corrected chi connectivity index (χ3v) is 3.74. The number of hydrogen-bond donors (Lipinski definition) is 1. The fraction of sp³-hybridized carbons (Fsp3) is 0.235. The molecule has 0 fully saturated rings. The average Bonchev–Trinajstić information content (AvgIpc) is 2.76. The first-order chi connectivity index (χ1) is 10.1. The summed E-state index contributed by atoms with van der Waals surface area (Å²) in [7, 11) is 1.87. The van der Waals surface area contributed by atoms with E-state index < -0.39 is 6.10 Å². The quantitative estimate of drug-likeness (QED) is 0.801. The molecule has 0 amide bonds. The molecule has 2 aromatic carbocycles. The molecule has 1 aromatic heterocycles. The van der Waals surface area contributed by atoms with Crippen molar-refractivity contribution >= 4 is 10.9 Å². The Morgan fingerprint density at radius 3 is 2.76 bits per heavy atom. The Morgan fingerprint density at radius 1 is 1.24 bits per heavy atom. The van der Waals surface area contributed by atoms with Gasteiger partial charge >= 0.3 is 0 Å². The van der Waals surface area contributed by atoms with Crippen LogP contribution in [-0.2, 0) is 13.5 Å². The lowest BCUT2D eigenvalue weighted by Crippen LogP contribution is -2.05. The number of hydrogen-bond acceptors (Lipinski definition) is 2. The zero-order chi connectivity index (χ0) is 15.0. The fourth-order valence-corrected chi connectivity index (χ4v) is 2.63. The normalized spacial score (nSPS) is 12.8. The van der Waals surface area contributed by atoms with E-state index in [9.17, 15) is 9.50 Å². The molecule has 3 rings (SSSR count). The van der Waals surface area contributed by atoms with Gasteiger partial charge < -0.3 is 5.11 Å². The Morgan fingerprint density at radius 2 is 2.00 bits per heavy atom. The third kappa shape index (κ3) is 2.54. The summed E-state index contributed by atoms with van der Waals surface area (Å²) in [5.41, 5.74) is 2.94. The van der Waals surface area contributed by atoms with E-state index in [4.69, 9.17) is 0 Å². The van der Waals surface area contributed by atoms with Gasteiger partial charge in [0.05, 0.1) is 17.3 Å². The minimum absolute atomic E-state index is 0.293. The van der Waals surface area contributed by atoms with Crippen LogP contribution in [0.15, 0.2) is 42.5 Å². The summed E-state index contributed by atoms with van der Waals surface area (Å²) in [6, 6.07) is 12.7. The van der Waals surface area contributed by atoms with Crippen molar-refractivity contribution < 1.29 is 9.50 Å². The lowest BCUT2D eigenvalue weighted by atomic mass is 10.0. The number of aliphatic hydroxyl groups is 1. The maximum Gasteiger partial charge on any atom is 0.129 e. The molecule has 0 radical (unpaired) electrons. The number of nitrogens with zero attached hydrogens (tertiary/aromatic N) is 2. The number of aryl methyl sites for hydroxylation is 2. The first-order valence-electron chi connectivity index (χ1n) is 6.91. The van der Waals surface area contributed by atoms with Crippen molar-refractivity contribution in [2.75, 3.05) is 0 Å². The third-order valence-electron chi connectivity index (χ3n) is 3.74. The second kappa shape index (κ2) is 5.30. The molecule has 0 aliphatic carbocycles. The summed E-state index contributed by atoms with van der Waals surface area (Å²) in [5, 5.41) is 15.8. The van der Waals surface area contributed by atoms with Gasteiger partial charge in [-0.15, -0.1) is 0 Å². The lowest BCUT2D eigenvalue weighted by molar-refractivity contribution is 0.172. The minimum atomic E-state index is -0.899. The van der Waals surface area contributed by atoms with Crippen LogP contribution in [0.5, 0.6) is 0 Å². The SMILES string of the molecule is Cc1ccc(C(O)Cc2nn(C)c3ccccc23)c(F)c1. The van der Waals surface area contributed by atoms with Gasteiger partial charge in [-0.1, -0.05) is 30.3 Å². The van der Waals surface area contributed by atoms with Crippen LogP contribution >= 0.6 is 0 Å². The van der Waals surface area contributed by atoms with E-state index in [1.807, 2.05) is 38.2 Å². The summed E-state index contributed by atoms with van der Waals surface area (Å²) >= 11 is 0. The summed E-state index contributed by atoms with van der Waals surface area (Å²) in [4.78, 5) is 0. The van der Waals surface area contributed by atoms with Gasteiger partial charge in [0, 0.05) is 24.4 Å². The van der Waals surface area contributed by atoms with Crippen molar-refractivity contribution in [1.82, 2.24) is 9.78 Å². The maximum atomic E-state index is 13.9. The van der Waals surface area contributed by atoms with Crippen LogP contribution < -0.4 is 0 Å². The van der Waals surface area contributed by atoms with E-state index in [0.717, 1.165) is 22.2 Å². The molecule has 1 unspecified atom stereocenters. The highest BCUT2D eigenvalue weighted by Gasteiger charge is 2.17. The molecule has 0 aliphatic rings. The molecule has 0 saturated heterocycles. The fourth-order valence-electron chi connectivity index (χ4n) is 2.63. The second-order valence-corrected chi connectivity index (χ2v) is 5.33. The number of aliphatic hydroxyl groups excluding tert-OH is 1. The van der Waals surface area contributed by atoms with Crippen molar-refractivity contribution in [3.05, 3.63) is 65.1 Å². The zero-order valence-electron chi connectivity index (χ0n) is 12.0. The van der Waals surface area contributed by atoms with Gasteiger partial charge in [0.25, 0.3) is 0 Å². The number of fused-ring (bicyclic) bond motifs is 1. The first kappa shape index (κ1) is 13.8. The molecule has 21 heavy (non-hydrogen) atoms. The summed E-state index contributed by atoms with van der Waals surface area (Å²) in [6.07, 6.45) is -0.606. The van der Waals surface area contributed by atoms with E-state index in [1.165, 1.54) is 6.07 Å². The number of benzene rings is 2. The van der Waals surface area contributed by atoms with Gasteiger partial charge in [0.2, 0.25) is 0 Å². The highest BCUT2D eigenvalue weighted by atomic mass is 19.1. The zero-order valence-corrected chi connectivity index (χ0v) is 12.0. The number of aromatic nitrogens is 2. The Labute approximate surface area is 122 Å². The molecule has 1 N–H and O–H groups in total. The predicted molar refractivity (Wildman–Crippen MR) is 80.5 cm³/mol. The van der Waals surface area contributed by atoms with Crippen LogP contribution in [0.4, 0.5) is 4.39 Å². The largest absolute Gasteiger partial charge is 0.388 e. The topological polar surface area (TPSA) is 38.1 Å². The van der Waals surface area contributed by atoms with Crippen LogP contribution in [-0.4, -0.2) is 14.9 Å². The first-order valence-corrected chi connectivity index (χ1v) is 6.91. The van der Waals surface area contributed by atoms with E-state index in [1.54, 1.807) is 16.8 Å². The second-order valence-electron chi connectivity index (χ2n) is 5.33. The van der Waals surface area contributed by atoms with E-state index in [2.05, 4.69) is 5.10 Å². The number of halogens is 1. The summed E-state index contributed by atoms with van der Waals surface area (Å²) in [6.45, 7) is 1.82. The highest BCUT2D eigenvalue weighted by Crippen LogP contribution is 2.25. The minimum Gasteiger partial charge on any atom is -0.388 e. The molecule has 0 spiro atoms. The van der Waals surface area contributed by atoms with Gasteiger partial charge in [-0.3, -0.25) is 4.68 Å². The smallest absolute Gasteiger partial charge is 0.129 e. The average molecular weight is 284 g/mol. The number of rotatable bonds is 3. The molecule has 4 heteroatoms. The standard InChI is InChI=1S/C17H17FN2O/c1-11-7-8-12(14(18)9-11)17(21)10-15-13-5-3-4-6-16(13)20(2)19-15/h3-9,17,21H,10H2,1-2H3. The van der Waals surface area contributed by atoms with E-state index in [0.29, 0.717) is 12.0 Å². The van der Waals surface area contributed by atoms with Gasteiger partial charge in [-0.05, 0) is 24.6 Å². The van der Waals surface area contributed by atoms with Crippen LogP contribution in [0.1, 0.15) is 22.9 Å². The predicted octanol–water partition coefficient (Wildman–Crippen LogP) is 3.30. The monoisotopic (exact) mass is 284 g/mol. The van der Waals surface area contributed by atoms with Crippen LogP contribution in [0, 0.1) is 12.7 Å². The molecule has 0 aliphatic heterocycles. The maximum absolute atomic E-state index is 13.9. The van der Waals surface area contributed by atoms with Crippen molar-refractivity contribution in [3.63, 3.8) is 0 Å². The van der Waals surface area contributed by atoms with Gasteiger partial charge in [0.15, 0.2) is 0 Å². The van der Waals surface area contributed by atoms with Crippen molar-refractivity contribution in [3.8, 4) is 0 Å². The Hall–Kier alpha value is -2.20. The van der Waals surface area contributed by atoms with Crippen LogP contribution in [0.3, 0.4) is 0 Å². The Balaban J connectivity index is 1.94. The highest BCUT2D eigenvalue weighted by molar-refractivity contribution is 5.81. The van der Waals surface area contributed by atoms with Crippen molar-refractivity contribution in [1.29, 1.82) is 0 Å². The molecular formula is C17H17FN2O. The molecule has 3 aromatic rings. The molecule has 1 heterocycles. The molecule has 3 nitrogen and oxygen atoms in total. The molecular weight excluding hydrogens is 267 g/mol. The Bertz CT molecular complexity index is 795. The summed E-state index contributed by atoms with van der Waals surface area (Å²) in [5.74, 6) is -0.372. The van der Waals surface area contributed by atoms with Gasteiger partial charge in [-0.2, -0.15) is 5.10 Å². The molecule has 108 valence electrons. The van der Waals surface area contributed by atoms with Gasteiger partial charge in [-0.25, -0.2) is 4.39 Å². The number of para-hydroxylation sites is 1. The summed E-state index contributed by atoms with van der Waals surface area (Å²) < 4.78 is 15.7. The van der Waals surface area contributed by atoms with Gasteiger partial charge in [0.1, 0.15) is 5.82 Å². The molecule has 0 saturated carbocycles. The lowest BCUT2D eigenvalue weighted by Gasteiger charge is -2.11. The molecule has 0 bridgehead atoms. The van der Waals surface area contributed by atoms with Crippen LogP contribution in [0.25, 0.3) is 10.9 Å². The van der Waals surface area contributed by atoms with Crippen molar-refractivity contribution in [2.45, 2.75) is 19.4 Å². The van der Waals surface area contributed by atoms with Crippen LogP contribution in [0.2, 0.25) is 0 Å². The van der Waals surface area contributed by atoms with E-state index >= 15 is 0 Å². The van der Waals surface area contributed by atoms with E-state index in [-0.39, 0.29) is 5.82 Å². The van der Waals surface area contributed by atoms with Crippen molar-refractivity contribution in [2.24, 2.45) is 7.05 Å². The molecule has 1 atom stereocenters. The Kier molecular flexibility index (Phi) is 3.47.